The molecule has 0 unspecified atom stereocenters. The minimum atomic E-state index is -0.474. The molecule has 130 valence electrons. The Balaban J connectivity index is 2.54. The molecular formula is C17H23N3O4. The molecule has 1 amide bonds. The Bertz CT molecular complexity index is 757. The van der Waals surface area contributed by atoms with Crippen molar-refractivity contribution in [3.8, 4) is 17.4 Å². The summed E-state index contributed by atoms with van der Waals surface area (Å²) in [6.07, 6.45) is -0.474. The van der Waals surface area contributed by atoms with E-state index in [1.165, 1.54) is 0 Å². The number of fused-ring (bicyclic) bond motifs is 1. The van der Waals surface area contributed by atoms with E-state index in [1.54, 1.807) is 25.2 Å². The molecule has 0 radical (unpaired) electrons. The van der Waals surface area contributed by atoms with Crippen molar-refractivity contribution in [1.82, 2.24) is 9.88 Å². The summed E-state index contributed by atoms with van der Waals surface area (Å²) in [4.78, 5) is 18.0. The van der Waals surface area contributed by atoms with Crippen LogP contribution in [0.3, 0.4) is 0 Å². The number of anilines is 1. The zero-order valence-electron chi connectivity index (χ0n) is 14.7. The molecule has 24 heavy (non-hydrogen) atoms. The van der Waals surface area contributed by atoms with Gasteiger partial charge in [0.15, 0.2) is 11.5 Å². The third-order valence-electron chi connectivity index (χ3n) is 3.91. The lowest BCUT2D eigenvalue weighted by molar-refractivity contribution is 0.156. The number of pyridine rings is 1. The largest absolute Gasteiger partial charge is 0.493 e. The molecule has 0 spiro atoms. The van der Waals surface area contributed by atoms with Crippen LogP contribution in [0.4, 0.5) is 10.5 Å². The van der Waals surface area contributed by atoms with Crippen LogP contribution in [0, 0.1) is 6.92 Å². The van der Waals surface area contributed by atoms with E-state index >= 15 is 0 Å². The zero-order chi connectivity index (χ0) is 17.9. The van der Waals surface area contributed by atoms with Gasteiger partial charge in [0.1, 0.15) is 5.69 Å². The second-order valence-corrected chi connectivity index (χ2v) is 5.21. The molecule has 1 aromatic heterocycles. The van der Waals surface area contributed by atoms with Gasteiger partial charge in [-0.2, -0.15) is 0 Å². The van der Waals surface area contributed by atoms with Gasteiger partial charge < -0.3 is 24.8 Å². The van der Waals surface area contributed by atoms with Gasteiger partial charge in [-0.15, -0.1) is 0 Å². The number of nitrogens with two attached hydrogens (primary N) is 1. The number of nitrogens with zero attached hydrogens (tertiary/aromatic N) is 2. The van der Waals surface area contributed by atoms with Crippen molar-refractivity contribution in [3.63, 3.8) is 0 Å². The summed E-state index contributed by atoms with van der Waals surface area (Å²) in [7, 11) is 3.12. The Morgan fingerprint density at radius 3 is 2.17 bits per heavy atom. The van der Waals surface area contributed by atoms with Crippen molar-refractivity contribution in [2.75, 3.05) is 33.0 Å². The Hall–Kier alpha value is -2.70. The van der Waals surface area contributed by atoms with Crippen LogP contribution in [0.1, 0.15) is 19.5 Å². The third-order valence-corrected chi connectivity index (χ3v) is 3.91. The lowest BCUT2D eigenvalue weighted by atomic mass is 10.1. The van der Waals surface area contributed by atoms with E-state index in [4.69, 9.17) is 19.9 Å². The highest BCUT2D eigenvalue weighted by atomic mass is 16.6. The number of hydrogen-bond acceptors (Lipinski definition) is 6. The second kappa shape index (κ2) is 7.25. The van der Waals surface area contributed by atoms with Crippen LogP contribution >= 0.6 is 0 Å². The number of hydrogen-bond donors (Lipinski definition) is 1. The van der Waals surface area contributed by atoms with Crippen LogP contribution in [0.15, 0.2) is 12.1 Å². The number of rotatable bonds is 5. The Morgan fingerprint density at radius 1 is 1.12 bits per heavy atom. The molecule has 0 fully saturated rings. The Labute approximate surface area is 141 Å². The van der Waals surface area contributed by atoms with Gasteiger partial charge in [0.25, 0.3) is 0 Å². The monoisotopic (exact) mass is 333 g/mol. The zero-order valence-corrected chi connectivity index (χ0v) is 14.7. The van der Waals surface area contributed by atoms with E-state index < -0.39 is 6.09 Å². The molecule has 0 bridgehead atoms. The summed E-state index contributed by atoms with van der Waals surface area (Å²) in [5.41, 5.74) is 7.15. The molecule has 0 saturated heterocycles. The van der Waals surface area contributed by atoms with Crippen LogP contribution < -0.4 is 19.9 Å². The Morgan fingerprint density at radius 2 is 1.67 bits per heavy atom. The lowest BCUT2D eigenvalue weighted by Gasteiger charge is -2.19. The number of benzene rings is 1. The molecule has 0 aliphatic heterocycles. The van der Waals surface area contributed by atoms with Gasteiger partial charge in [-0.25, -0.2) is 9.78 Å². The smallest absolute Gasteiger partial charge is 0.416 e. The number of nitrogen functional groups attached to an aromatic ring is 1. The van der Waals surface area contributed by atoms with Crippen LogP contribution in [-0.2, 0) is 0 Å². The summed E-state index contributed by atoms with van der Waals surface area (Å²) < 4.78 is 16.0. The summed E-state index contributed by atoms with van der Waals surface area (Å²) in [6.45, 7) is 6.68. The minimum Gasteiger partial charge on any atom is -0.493 e. The van der Waals surface area contributed by atoms with Crippen LogP contribution in [0.2, 0.25) is 0 Å². The maximum Gasteiger partial charge on any atom is 0.416 e. The fourth-order valence-corrected chi connectivity index (χ4v) is 2.50. The number of ether oxygens (including phenoxy) is 3. The first-order chi connectivity index (χ1) is 11.5. The number of aryl methyl sites for hydroxylation is 1. The average Bonchev–Trinajstić information content (AvgIpc) is 2.59. The molecule has 7 nitrogen and oxygen atoms in total. The molecule has 0 saturated carbocycles. The topological polar surface area (TPSA) is 86.9 Å². The number of methoxy groups -OCH3 is 2. The number of carbonyl (C=O) groups is 1. The standard InChI is InChI=1S/C17H23N3O4/c1-6-20(7-2)17(21)24-16-15(18)12-9-14(23-5)13(22-4)8-11(12)10(3)19-16/h8-9H,6-7,18H2,1-5H3. The maximum atomic E-state index is 12.2. The molecule has 0 atom stereocenters. The van der Waals surface area contributed by atoms with Crippen molar-refractivity contribution in [1.29, 1.82) is 0 Å². The van der Waals surface area contributed by atoms with Gasteiger partial charge in [-0.1, -0.05) is 0 Å². The molecule has 0 aliphatic rings. The fourth-order valence-electron chi connectivity index (χ4n) is 2.50. The molecular weight excluding hydrogens is 310 g/mol. The maximum absolute atomic E-state index is 12.2. The van der Waals surface area contributed by atoms with E-state index in [0.717, 1.165) is 5.39 Å². The Kier molecular flexibility index (Phi) is 5.33. The predicted octanol–water partition coefficient (Wildman–Crippen LogP) is 2.98. The van der Waals surface area contributed by atoms with Crippen molar-refractivity contribution >= 4 is 22.6 Å². The van der Waals surface area contributed by atoms with Gasteiger partial charge in [-0.3, -0.25) is 0 Å². The number of aromatic nitrogens is 1. The first kappa shape index (κ1) is 17.7. The van der Waals surface area contributed by atoms with Crippen LogP contribution in [0.5, 0.6) is 17.4 Å². The summed E-state index contributed by atoms with van der Waals surface area (Å²) in [5.74, 6) is 1.23. The molecule has 2 N–H and O–H groups in total. The summed E-state index contributed by atoms with van der Waals surface area (Å²) >= 11 is 0. The van der Waals surface area contributed by atoms with Gasteiger partial charge in [0, 0.05) is 29.6 Å². The highest BCUT2D eigenvalue weighted by Gasteiger charge is 2.19. The second-order valence-electron chi connectivity index (χ2n) is 5.21. The molecule has 1 heterocycles. The molecule has 2 rings (SSSR count). The first-order valence-corrected chi connectivity index (χ1v) is 7.75. The van der Waals surface area contributed by atoms with Crippen molar-refractivity contribution in [2.24, 2.45) is 0 Å². The van der Waals surface area contributed by atoms with Gasteiger partial charge in [-0.05, 0) is 32.9 Å². The first-order valence-electron chi connectivity index (χ1n) is 7.75. The number of carbonyl (C=O) groups excluding carboxylic acids is 1. The van der Waals surface area contributed by atoms with E-state index in [1.807, 2.05) is 26.8 Å². The highest BCUT2D eigenvalue weighted by Crippen LogP contribution is 2.38. The summed E-state index contributed by atoms with van der Waals surface area (Å²) in [6, 6.07) is 3.57. The molecule has 7 heteroatoms. The van der Waals surface area contributed by atoms with Crippen molar-refractivity contribution in [3.05, 3.63) is 17.8 Å². The molecule has 0 aliphatic carbocycles. The quantitative estimate of drug-likeness (QED) is 0.905. The van der Waals surface area contributed by atoms with Crippen molar-refractivity contribution in [2.45, 2.75) is 20.8 Å². The van der Waals surface area contributed by atoms with E-state index in [9.17, 15) is 4.79 Å². The lowest BCUT2D eigenvalue weighted by Crippen LogP contribution is -2.33. The highest BCUT2D eigenvalue weighted by molar-refractivity contribution is 5.99. The van der Waals surface area contributed by atoms with Gasteiger partial charge >= 0.3 is 6.09 Å². The van der Waals surface area contributed by atoms with Gasteiger partial charge in [0.2, 0.25) is 5.88 Å². The minimum absolute atomic E-state index is 0.101. The average molecular weight is 333 g/mol. The SMILES string of the molecule is CCN(CC)C(=O)Oc1nc(C)c2cc(OC)c(OC)cc2c1N. The van der Waals surface area contributed by atoms with Crippen LogP contribution in [-0.4, -0.2) is 43.3 Å². The summed E-state index contributed by atoms with van der Waals surface area (Å²) in [5, 5.41) is 1.51. The van der Waals surface area contributed by atoms with Gasteiger partial charge in [0.05, 0.1) is 14.2 Å². The van der Waals surface area contributed by atoms with Crippen LogP contribution in [0.25, 0.3) is 10.8 Å². The van der Waals surface area contributed by atoms with Crippen molar-refractivity contribution < 1.29 is 19.0 Å². The number of amides is 1. The molecule has 2 aromatic rings. The molecule has 1 aromatic carbocycles. The van der Waals surface area contributed by atoms with E-state index in [2.05, 4.69) is 4.98 Å². The third kappa shape index (κ3) is 3.15. The fraction of sp³-hybridized carbons (Fsp3) is 0.412. The predicted molar refractivity (Wildman–Crippen MR) is 92.9 cm³/mol. The van der Waals surface area contributed by atoms with E-state index in [-0.39, 0.29) is 11.6 Å². The normalized spacial score (nSPS) is 10.5. The van der Waals surface area contributed by atoms with E-state index in [0.29, 0.717) is 35.7 Å².